The summed E-state index contributed by atoms with van der Waals surface area (Å²) in [6.45, 7) is -0.475. The van der Waals surface area contributed by atoms with Crippen molar-refractivity contribution in [2.45, 2.75) is 6.04 Å². The number of halogens is 2. The lowest BCUT2D eigenvalue weighted by Crippen LogP contribution is -2.59. The Kier molecular flexibility index (Phi) is 4.15. The molecule has 0 bridgehead atoms. The highest BCUT2D eigenvalue weighted by Gasteiger charge is 2.36. The Bertz CT molecular complexity index is 591. The molecule has 2 rings (SSSR count). The second kappa shape index (κ2) is 5.68. The smallest absolute Gasteiger partial charge is 0.328 e. The number of aliphatic carboxylic acids is 1. The Hall–Kier alpha value is -1.79. The molecule has 6 nitrogen and oxygen atoms in total. The van der Waals surface area contributed by atoms with Crippen LogP contribution in [0.1, 0.15) is 10.4 Å². The molecule has 0 saturated carbocycles. The third-order valence-electron chi connectivity index (χ3n) is 2.91. The predicted octanol–water partition coefficient (Wildman–Crippen LogP) is 1.02. The van der Waals surface area contributed by atoms with E-state index in [2.05, 4.69) is 5.32 Å². The molecule has 1 aliphatic rings. The van der Waals surface area contributed by atoms with Crippen LogP contribution in [0.15, 0.2) is 18.2 Å². The predicted molar refractivity (Wildman–Crippen MR) is 71.9 cm³/mol. The fourth-order valence-corrected chi connectivity index (χ4v) is 2.28. The summed E-state index contributed by atoms with van der Waals surface area (Å²) in [5, 5.41) is 11.7. The molecular formula is C12H10Cl2N2O4. The highest BCUT2D eigenvalue weighted by atomic mass is 35.5. The average molecular weight is 317 g/mol. The molecule has 8 heteroatoms. The van der Waals surface area contributed by atoms with Crippen molar-refractivity contribution in [2.75, 3.05) is 13.1 Å². The maximum absolute atomic E-state index is 12.4. The minimum Gasteiger partial charge on any atom is -0.480 e. The molecule has 1 unspecified atom stereocenters. The van der Waals surface area contributed by atoms with Crippen LogP contribution in [0.2, 0.25) is 10.0 Å². The van der Waals surface area contributed by atoms with Gasteiger partial charge in [0, 0.05) is 6.54 Å². The first-order valence-electron chi connectivity index (χ1n) is 5.66. The minimum atomic E-state index is -1.20. The van der Waals surface area contributed by atoms with Crippen molar-refractivity contribution in [3.05, 3.63) is 33.8 Å². The number of piperazine rings is 1. The number of carbonyl (C=O) groups is 3. The zero-order valence-corrected chi connectivity index (χ0v) is 11.6. The van der Waals surface area contributed by atoms with Gasteiger partial charge in [0.1, 0.15) is 12.6 Å². The van der Waals surface area contributed by atoms with Gasteiger partial charge >= 0.3 is 5.97 Å². The van der Waals surface area contributed by atoms with Crippen molar-refractivity contribution < 1.29 is 19.5 Å². The summed E-state index contributed by atoms with van der Waals surface area (Å²) >= 11 is 11.8. The first-order valence-corrected chi connectivity index (χ1v) is 6.42. The lowest BCUT2D eigenvalue weighted by atomic mass is 10.1. The van der Waals surface area contributed by atoms with Gasteiger partial charge in [-0.25, -0.2) is 4.79 Å². The number of carboxylic acids is 1. The van der Waals surface area contributed by atoms with Crippen molar-refractivity contribution in [3.8, 4) is 0 Å². The highest BCUT2D eigenvalue weighted by Crippen LogP contribution is 2.27. The molecule has 0 aliphatic carbocycles. The van der Waals surface area contributed by atoms with Crippen LogP contribution in [0, 0.1) is 0 Å². The number of hydrogen-bond donors (Lipinski definition) is 2. The van der Waals surface area contributed by atoms with Crippen LogP contribution in [-0.4, -0.2) is 46.9 Å². The summed E-state index contributed by atoms with van der Waals surface area (Å²) < 4.78 is 0. The third kappa shape index (κ3) is 2.71. The molecule has 0 radical (unpaired) electrons. The monoisotopic (exact) mass is 316 g/mol. The molecule has 20 heavy (non-hydrogen) atoms. The number of carboxylic acid groups (broad SMARTS) is 1. The van der Waals surface area contributed by atoms with Crippen LogP contribution in [0.5, 0.6) is 0 Å². The number of nitrogens with one attached hydrogen (secondary N) is 1. The molecule has 1 aromatic carbocycles. The number of benzene rings is 1. The molecule has 106 valence electrons. The zero-order chi connectivity index (χ0) is 14.9. The summed E-state index contributed by atoms with van der Waals surface area (Å²) in [6.07, 6.45) is 0. The van der Waals surface area contributed by atoms with E-state index in [0.29, 0.717) is 0 Å². The lowest BCUT2D eigenvalue weighted by molar-refractivity contribution is -0.144. The molecule has 1 heterocycles. The van der Waals surface area contributed by atoms with E-state index < -0.39 is 23.8 Å². The van der Waals surface area contributed by atoms with Crippen LogP contribution in [-0.2, 0) is 9.59 Å². The van der Waals surface area contributed by atoms with Gasteiger partial charge in [0.05, 0.1) is 15.6 Å². The largest absolute Gasteiger partial charge is 0.480 e. The molecule has 1 aromatic rings. The molecule has 1 saturated heterocycles. The molecule has 0 spiro atoms. The Morgan fingerprint density at radius 2 is 2.05 bits per heavy atom. The van der Waals surface area contributed by atoms with Crippen LogP contribution in [0.25, 0.3) is 0 Å². The summed E-state index contributed by atoms with van der Waals surface area (Å²) in [6, 6.07) is 3.34. The Labute approximate surface area is 124 Å². The SMILES string of the molecule is O=C1CN(C(=O)c2cccc(Cl)c2Cl)C(C(=O)O)CN1. The second-order valence-corrected chi connectivity index (χ2v) is 4.98. The van der Waals surface area contributed by atoms with Crippen LogP contribution < -0.4 is 5.32 Å². The maximum Gasteiger partial charge on any atom is 0.328 e. The molecular weight excluding hydrogens is 307 g/mol. The highest BCUT2D eigenvalue weighted by molar-refractivity contribution is 6.43. The van der Waals surface area contributed by atoms with Crippen molar-refractivity contribution in [1.29, 1.82) is 0 Å². The van der Waals surface area contributed by atoms with Gasteiger partial charge in [0.15, 0.2) is 0 Å². The van der Waals surface area contributed by atoms with E-state index in [-0.39, 0.29) is 28.7 Å². The first-order chi connectivity index (χ1) is 9.41. The number of carbonyl (C=O) groups excluding carboxylic acids is 2. The van der Waals surface area contributed by atoms with E-state index in [1.165, 1.54) is 18.2 Å². The van der Waals surface area contributed by atoms with Gasteiger partial charge in [-0.1, -0.05) is 29.3 Å². The summed E-state index contributed by atoms with van der Waals surface area (Å²) in [4.78, 5) is 35.9. The van der Waals surface area contributed by atoms with Crippen LogP contribution >= 0.6 is 23.2 Å². The number of nitrogens with zero attached hydrogens (tertiary/aromatic N) is 1. The summed E-state index contributed by atoms with van der Waals surface area (Å²) in [5.74, 6) is -2.26. The van der Waals surface area contributed by atoms with E-state index in [1.54, 1.807) is 0 Å². The molecule has 1 aliphatic heterocycles. The maximum atomic E-state index is 12.4. The third-order valence-corrected chi connectivity index (χ3v) is 3.73. The van der Waals surface area contributed by atoms with Gasteiger partial charge in [-0.05, 0) is 12.1 Å². The van der Waals surface area contributed by atoms with Gasteiger partial charge in [-0.3, -0.25) is 9.59 Å². The van der Waals surface area contributed by atoms with Crippen molar-refractivity contribution in [3.63, 3.8) is 0 Å². The van der Waals surface area contributed by atoms with E-state index in [1.807, 2.05) is 0 Å². The van der Waals surface area contributed by atoms with E-state index in [9.17, 15) is 14.4 Å². The minimum absolute atomic E-state index is 0.0364. The van der Waals surface area contributed by atoms with Crippen molar-refractivity contribution >= 4 is 41.0 Å². The standard InChI is InChI=1S/C12H10Cl2N2O4/c13-7-3-1-2-6(10(7)14)11(18)16-5-9(17)15-4-8(16)12(19)20/h1-3,8H,4-5H2,(H,15,17)(H,19,20). The number of rotatable bonds is 2. The fourth-order valence-electron chi connectivity index (χ4n) is 1.90. The first kappa shape index (κ1) is 14.6. The Morgan fingerprint density at radius 1 is 1.35 bits per heavy atom. The Morgan fingerprint density at radius 3 is 2.70 bits per heavy atom. The van der Waals surface area contributed by atoms with Gasteiger partial charge in [-0.2, -0.15) is 0 Å². The zero-order valence-electron chi connectivity index (χ0n) is 10.1. The second-order valence-electron chi connectivity index (χ2n) is 4.19. The van der Waals surface area contributed by atoms with Gasteiger partial charge in [0.25, 0.3) is 5.91 Å². The Balaban J connectivity index is 2.36. The molecule has 0 aromatic heterocycles. The van der Waals surface area contributed by atoms with Crippen LogP contribution in [0.4, 0.5) is 0 Å². The number of hydrogen-bond acceptors (Lipinski definition) is 3. The summed E-state index contributed by atoms with van der Waals surface area (Å²) in [7, 11) is 0. The van der Waals surface area contributed by atoms with Crippen molar-refractivity contribution in [2.24, 2.45) is 0 Å². The average Bonchev–Trinajstić information content (AvgIpc) is 2.40. The quantitative estimate of drug-likeness (QED) is 0.852. The summed E-state index contributed by atoms with van der Waals surface area (Å²) in [5.41, 5.74) is 0.0696. The lowest BCUT2D eigenvalue weighted by Gasteiger charge is -2.32. The van der Waals surface area contributed by atoms with Gasteiger partial charge in [-0.15, -0.1) is 0 Å². The number of amides is 2. The van der Waals surface area contributed by atoms with Gasteiger partial charge in [0.2, 0.25) is 5.91 Å². The molecule has 1 atom stereocenters. The molecule has 1 fully saturated rings. The fraction of sp³-hybridized carbons (Fsp3) is 0.250. The van der Waals surface area contributed by atoms with Gasteiger partial charge < -0.3 is 15.3 Å². The topological polar surface area (TPSA) is 86.7 Å². The van der Waals surface area contributed by atoms with E-state index >= 15 is 0 Å². The molecule has 2 N–H and O–H groups in total. The van der Waals surface area contributed by atoms with Crippen LogP contribution in [0.3, 0.4) is 0 Å². The van der Waals surface area contributed by atoms with E-state index in [4.69, 9.17) is 28.3 Å². The van der Waals surface area contributed by atoms with Crippen molar-refractivity contribution in [1.82, 2.24) is 10.2 Å². The normalized spacial score (nSPS) is 18.6. The molecule has 2 amide bonds. The van der Waals surface area contributed by atoms with E-state index in [0.717, 1.165) is 4.90 Å².